The van der Waals surface area contributed by atoms with Crippen LogP contribution in [-0.4, -0.2) is 13.6 Å². The maximum Gasteiger partial charge on any atom is -0.00518 e. The Balaban J connectivity index is 1.65. The highest BCUT2D eigenvalue weighted by Crippen LogP contribution is 2.79. The van der Waals surface area contributed by atoms with Crippen LogP contribution in [0.2, 0.25) is 0 Å². The lowest BCUT2D eigenvalue weighted by molar-refractivity contribution is 0.0451. The van der Waals surface area contributed by atoms with Crippen LogP contribution in [0.25, 0.3) is 0 Å². The van der Waals surface area contributed by atoms with Crippen LogP contribution in [0.4, 0.5) is 0 Å². The van der Waals surface area contributed by atoms with E-state index in [2.05, 4.69) is 38.9 Å². The fourth-order valence-electron chi connectivity index (χ4n) is 7.57. The lowest BCUT2D eigenvalue weighted by Gasteiger charge is -2.43. The molecule has 4 aliphatic carbocycles. The van der Waals surface area contributed by atoms with E-state index in [1.165, 1.54) is 69.9 Å². The molecule has 0 heterocycles. The molecule has 23 heavy (non-hydrogen) atoms. The van der Waals surface area contributed by atoms with Crippen molar-refractivity contribution in [1.29, 1.82) is 0 Å². The molecule has 4 rings (SSSR count). The van der Waals surface area contributed by atoms with Crippen molar-refractivity contribution in [2.24, 2.45) is 28.1 Å². The molecule has 4 aliphatic rings. The monoisotopic (exact) mass is 313 g/mol. The Bertz CT molecular complexity index is 546. The van der Waals surface area contributed by atoms with Crippen LogP contribution in [0.1, 0.15) is 71.6 Å². The molecule has 0 amide bonds. The predicted octanol–water partition coefficient (Wildman–Crippen LogP) is 5.49. The number of allylic oxidation sites excluding steroid dienone is 3. The molecule has 1 spiro atoms. The zero-order valence-electron chi connectivity index (χ0n) is 15.5. The SMILES string of the molecule is C=C1C=C2CC34CCC(CCCNC)C3(C)CCC4C2(C)CC1. The molecule has 1 N–H and O–H groups in total. The number of hydrogen-bond acceptors (Lipinski definition) is 1. The van der Waals surface area contributed by atoms with Crippen LogP contribution in [0.3, 0.4) is 0 Å². The maximum atomic E-state index is 4.28. The van der Waals surface area contributed by atoms with Crippen molar-refractivity contribution in [2.75, 3.05) is 13.6 Å². The number of rotatable bonds is 4. The third-order valence-electron chi connectivity index (χ3n) is 8.93. The van der Waals surface area contributed by atoms with E-state index < -0.39 is 0 Å². The minimum absolute atomic E-state index is 0.499. The molecule has 5 unspecified atom stereocenters. The summed E-state index contributed by atoms with van der Waals surface area (Å²) < 4.78 is 0. The molecule has 1 nitrogen and oxygen atoms in total. The van der Waals surface area contributed by atoms with E-state index in [4.69, 9.17) is 0 Å². The Morgan fingerprint density at radius 2 is 2.04 bits per heavy atom. The van der Waals surface area contributed by atoms with Crippen molar-refractivity contribution in [3.63, 3.8) is 0 Å². The third-order valence-corrected chi connectivity index (χ3v) is 8.93. The molecule has 1 heteroatoms. The van der Waals surface area contributed by atoms with Gasteiger partial charge in [-0.15, -0.1) is 0 Å². The summed E-state index contributed by atoms with van der Waals surface area (Å²) in [5.41, 5.74) is 4.90. The second kappa shape index (κ2) is 5.22. The molecule has 128 valence electrons. The predicted molar refractivity (Wildman–Crippen MR) is 98.3 cm³/mol. The van der Waals surface area contributed by atoms with E-state index in [1.807, 2.05) is 0 Å². The standard InChI is InChI=1S/C22H35N/c1-16-7-10-20(2)18(14-16)15-22-12-8-17(6-5-13-23-4)21(22,3)11-9-19(20)22/h14,17,19,23H,1,5-13,15H2,2-4H3. The molecule has 0 saturated heterocycles. The van der Waals surface area contributed by atoms with Gasteiger partial charge in [0.25, 0.3) is 0 Å². The summed E-state index contributed by atoms with van der Waals surface area (Å²) in [6.45, 7) is 10.8. The summed E-state index contributed by atoms with van der Waals surface area (Å²) in [6, 6.07) is 0. The highest BCUT2D eigenvalue weighted by molar-refractivity contribution is 5.39. The first-order valence-electron chi connectivity index (χ1n) is 10.00. The summed E-state index contributed by atoms with van der Waals surface area (Å²) in [4.78, 5) is 0. The molecular formula is C22H35N. The Hall–Kier alpha value is -0.560. The highest BCUT2D eigenvalue weighted by Gasteiger charge is 2.70. The normalized spacial score (nSPS) is 48.1. The topological polar surface area (TPSA) is 12.0 Å². The van der Waals surface area contributed by atoms with Crippen molar-refractivity contribution >= 4 is 0 Å². The van der Waals surface area contributed by atoms with Crippen molar-refractivity contribution in [2.45, 2.75) is 71.6 Å². The van der Waals surface area contributed by atoms with Crippen LogP contribution >= 0.6 is 0 Å². The molecule has 3 fully saturated rings. The second-order valence-corrected chi connectivity index (χ2v) is 9.57. The summed E-state index contributed by atoms with van der Waals surface area (Å²) in [7, 11) is 2.09. The number of hydrogen-bond donors (Lipinski definition) is 1. The van der Waals surface area contributed by atoms with Crippen LogP contribution in [-0.2, 0) is 0 Å². The largest absolute Gasteiger partial charge is 0.320 e. The van der Waals surface area contributed by atoms with Crippen molar-refractivity contribution in [3.05, 3.63) is 23.8 Å². The molecule has 0 aliphatic heterocycles. The van der Waals surface area contributed by atoms with Gasteiger partial charge in [-0.05, 0) is 99.5 Å². The van der Waals surface area contributed by atoms with Gasteiger partial charge in [0.15, 0.2) is 0 Å². The van der Waals surface area contributed by atoms with E-state index in [0.29, 0.717) is 16.2 Å². The van der Waals surface area contributed by atoms with Crippen LogP contribution in [0.5, 0.6) is 0 Å². The van der Waals surface area contributed by atoms with Gasteiger partial charge in [-0.25, -0.2) is 0 Å². The van der Waals surface area contributed by atoms with Crippen molar-refractivity contribution < 1.29 is 0 Å². The average molecular weight is 314 g/mol. The molecule has 3 saturated carbocycles. The first-order chi connectivity index (χ1) is 11.0. The lowest BCUT2D eigenvalue weighted by atomic mass is 9.61. The summed E-state index contributed by atoms with van der Waals surface area (Å²) in [6.07, 6.45) is 15.3. The summed E-state index contributed by atoms with van der Waals surface area (Å²) in [5.74, 6) is 1.92. The maximum absolute atomic E-state index is 4.28. The molecular weight excluding hydrogens is 278 g/mol. The minimum atomic E-state index is 0.499. The Morgan fingerprint density at radius 3 is 2.83 bits per heavy atom. The zero-order chi connectivity index (χ0) is 16.3. The first-order valence-corrected chi connectivity index (χ1v) is 10.00. The van der Waals surface area contributed by atoms with Crippen molar-refractivity contribution in [1.82, 2.24) is 5.32 Å². The Labute approximate surface area is 143 Å². The van der Waals surface area contributed by atoms with Gasteiger partial charge >= 0.3 is 0 Å². The van der Waals surface area contributed by atoms with E-state index in [-0.39, 0.29) is 0 Å². The van der Waals surface area contributed by atoms with Crippen LogP contribution < -0.4 is 5.32 Å². The quantitative estimate of drug-likeness (QED) is 0.677. The van der Waals surface area contributed by atoms with E-state index in [0.717, 1.165) is 11.8 Å². The fourth-order valence-corrected chi connectivity index (χ4v) is 7.57. The number of fused-ring (bicyclic) bond motifs is 2. The van der Waals surface area contributed by atoms with Gasteiger partial charge in [0.2, 0.25) is 0 Å². The molecule has 0 radical (unpaired) electrons. The number of nitrogens with one attached hydrogen (secondary N) is 1. The fraction of sp³-hybridized carbons (Fsp3) is 0.818. The van der Waals surface area contributed by atoms with E-state index in [9.17, 15) is 0 Å². The van der Waals surface area contributed by atoms with Gasteiger partial charge in [0.1, 0.15) is 0 Å². The molecule has 0 aromatic heterocycles. The van der Waals surface area contributed by atoms with Gasteiger partial charge < -0.3 is 5.32 Å². The summed E-state index contributed by atoms with van der Waals surface area (Å²) >= 11 is 0. The second-order valence-electron chi connectivity index (χ2n) is 9.57. The average Bonchev–Trinajstić information content (AvgIpc) is 3.04. The molecule has 5 atom stereocenters. The van der Waals surface area contributed by atoms with Crippen LogP contribution in [0, 0.1) is 28.1 Å². The molecule has 0 bridgehead atoms. The van der Waals surface area contributed by atoms with Crippen molar-refractivity contribution in [3.8, 4) is 0 Å². The molecule has 0 aromatic rings. The molecule has 0 aromatic carbocycles. The Morgan fingerprint density at radius 1 is 1.22 bits per heavy atom. The van der Waals surface area contributed by atoms with E-state index >= 15 is 0 Å². The van der Waals surface area contributed by atoms with Gasteiger partial charge in [0.05, 0.1) is 0 Å². The minimum Gasteiger partial charge on any atom is -0.320 e. The summed E-state index contributed by atoms with van der Waals surface area (Å²) in [5, 5.41) is 3.34. The van der Waals surface area contributed by atoms with Gasteiger partial charge in [0, 0.05) is 0 Å². The highest BCUT2D eigenvalue weighted by atomic mass is 14.8. The smallest absolute Gasteiger partial charge is 0.00518 e. The van der Waals surface area contributed by atoms with Crippen LogP contribution in [0.15, 0.2) is 23.8 Å². The third kappa shape index (κ3) is 1.95. The zero-order valence-corrected chi connectivity index (χ0v) is 15.5. The first kappa shape index (κ1) is 15.9. The van der Waals surface area contributed by atoms with E-state index in [1.54, 1.807) is 5.57 Å². The lowest BCUT2D eigenvalue weighted by Crippen LogP contribution is -2.38. The van der Waals surface area contributed by atoms with Gasteiger partial charge in [-0.3, -0.25) is 0 Å². The Kier molecular flexibility index (Phi) is 3.61. The van der Waals surface area contributed by atoms with Gasteiger partial charge in [-0.1, -0.05) is 37.6 Å². The van der Waals surface area contributed by atoms with Gasteiger partial charge in [-0.2, -0.15) is 0 Å².